The number of hydrogen-bond donors (Lipinski definition) is 3. The minimum Gasteiger partial charge on any atom is -0.480 e. The Bertz CT molecular complexity index is 742. The van der Waals surface area contributed by atoms with Crippen molar-refractivity contribution in [3.05, 3.63) is 29.8 Å². The molecule has 0 fully saturated rings. The monoisotopic (exact) mass is 325 g/mol. The van der Waals surface area contributed by atoms with Crippen LogP contribution in [0.15, 0.2) is 34.2 Å². The van der Waals surface area contributed by atoms with Crippen LogP contribution in [0.4, 0.5) is 0 Å². The quantitative estimate of drug-likeness (QED) is 0.686. The number of nitrogens with zero attached hydrogens (tertiary/aromatic N) is 1. The number of nitrogens with one attached hydrogen (secondary N) is 2. The van der Waals surface area contributed by atoms with Gasteiger partial charge in [0, 0.05) is 12.0 Å². The van der Waals surface area contributed by atoms with Crippen molar-refractivity contribution in [2.45, 2.75) is 24.3 Å². The van der Waals surface area contributed by atoms with Gasteiger partial charge in [-0.3, -0.25) is 19.3 Å². The number of carbonyl (C=O) groups is 2. The van der Waals surface area contributed by atoms with Gasteiger partial charge in [0.2, 0.25) is 5.91 Å². The molecule has 2 rings (SSSR count). The number of amides is 1. The maximum absolute atomic E-state index is 11.9. The SMILES string of the molecule is CC(CC(=O)NCC(=O)O)N=C1NS(=O)(=O)c2ccccc21. The van der Waals surface area contributed by atoms with Crippen molar-refractivity contribution >= 4 is 27.7 Å². The average molecular weight is 325 g/mol. The second-order valence-electron chi connectivity index (χ2n) is 4.80. The number of fused-ring (bicyclic) bond motifs is 1. The van der Waals surface area contributed by atoms with Crippen LogP contribution in [0, 0.1) is 0 Å². The van der Waals surface area contributed by atoms with Gasteiger partial charge in [0.05, 0.1) is 10.9 Å². The van der Waals surface area contributed by atoms with Gasteiger partial charge in [-0.25, -0.2) is 8.42 Å². The van der Waals surface area contributed by atoms with Crippen molar-refractivity contribution in [1.82, 2.24) is 10.0 Å². The van der Waals surface area contributed by atoms with E-state index in [-0.39, 0.29) is 17.2 Å². The molecule has 1 unspecified atom stereocenters. The van der Waals surface area contributed by atoms with Crippen molar-refractivity contribution in [3.63, 3.8) is 0 Å². The number of carboxylic acid groups (broad SMARTS) is 1. The molecule has 0 aromatic heterocycles. The number of aliphatic carboxylic acids is 1. The van der Waals surface area contributed by atoms with Crippen molar-refractivity contribution in [2.75, 3.05) is 6.54 Å². The molecule has 0 saturated carbocycles. The fourth-order valence-corrected chi connectivity index (χ4v) is 3.25. The molecule has 0 aliphatic carbocycles. The van der Waals surface area contributed by atoms with Crippen molar-refractivity contribution in [1.29, 1.82) is 0 Å². The fraction of sp³-hybridized carbons (Fsp3) is 0.308. The summed E-state index contributed by atoms with van der Waals surface area (Å²) in [4.78, 5) is 26.2. The van der Waals surface area contributed by atoms with Crippen LogP contribution in [-0.2, 0) is 19.6 Å². The van der Waals surface area contributed by atoms with Gasteiger partial charge in [-0.1, -0.05) is 12.1 Å². The molecule has 1 heterocycles. The van der Waals surface area contributed by atoms with Gasteiger partial charge in [-0.15, -0.1) is 0 Å². The van der Waals surface area contributed by atoms with Gasteiger partial charge in [-0.05, 0) is 19.1 Å². The zero-order chi connectivity index (χ0) is 16.3. The highest BCUT2D eigenvalue weighted by Crippen LogP contribution is 2.22. The normalized spacial score (nSPS) is 18.3. The average Bonchev–Trinajstić information content (AvgIpc) is 2.68. The van der Waals surface area contributed by atoms with Crippen LogP contribution < -0.4 is 10.0 Å². The lowest BCUT2D eigenvalue weighted by Crippen LogP contribution is -2.31. The maximum Gasteiger partial charge on any atom is 0.322 e. The smallest absolute Gasteiger partial charge is 0.322 e. The molecule has 0 saturated heterocycles. The van der Waals surface area contributed by atoms with Crippen LogP contribution >= 0.6 is 0 Å². The lowest BCUT2D eigenvalue weighted by molar-refractivity contribution is -0.138. The highest BCUT2D eigenvalue weighted by molar-refractivity contribution is 7.90. The summed E-state index contributed by atoms with van der Waals surface area (Å²) in [5.74, 6) is -1.41. The summed E-state index contributed by atoms with van der Waals surface area (Å²) in [5.41, 5.74) is 0.459. The molecule has 1 atom stereocenters. The van der Waals surface area contributed by atoms with E-state index in [2.05, 4.69) is 15.0 Å². The summed E-state index contributed by atoms with van der Waals surface area (Å²) < 4.78 is 26.2. The Morgan fingerprint density at radius 1 is 1.36 bits per heavy atom. The molecule has 0 spiro atoms. The van der Waals surface area contributed by atoms with E-state index in [4.69, 9.17) is 5.11 Å². The van der Waals surface area contributed by atoms with Crippen LogP contribution in [0.5, 0.6) is 0 Å². The van der Waals surface area contributed by atoms with Crippen LogP contribution in [-0.4, -0.2) is 43.8 Å². The van der Waals surface area contributed by atoms with Crippen LogP contribution in [0.3, 0.4) is 0 Å². The Balaban J connectivity index is 2.11. The van der Waals surface area contributed by atoms with Crippen LogP contribution in [0.1, 0.15) is 18.9 Å². The topological polar surface area (TPSA) is 125 Å². The number of benzene rings is 1. The largest absolute Gasteiger partial charge is 0.480 e. The number of sulfonamides is 1. The number of amidine groups is 1. The molecule has 118 valence electrons. The Kier molecular flexibility index (Phi) is 4.45. The molecule has 3 N–H and O–H groups in total. The summed E-state index contributed by atoms with van der Waals surface area (Å²) in [6.45, 7) is 1.18. The van der Waals surface area contributed by atoms with Crippen LogP contribution in [0.2, 0.25) is 0 Å². The molecule has 1 aliphatic heterocycles. The van der Waals surface area contributed by atoms with E-state index in [0.717, 1.165) is 0 Å². The number of aliphatic imine (C=N–C) groups is 1. The predicted molar refractivity (Wildman–Crippen MR) is 78.0 cm³/mol. The molecule has 0 bridgehead atoms. The third kappa shape index (κ3) is 3.61. The van der Waals surface area contributed by atoms with Gasteiger partial charge < -0.3 is 10.4 Å². The molecule has 8 nitrogen and oxygen atoms in total. The molecule has 9 heteroatoms. The summed E-state index contributed by atoms with van der Waals surface area (Å²) >= 11 is 0. The first-order valence-corrected chi connectivity index (χ1v) is 7.96. The van der Waals surface area contributed by atoms with Gasteiger partial charge in [0.25, 0.3) is 10.0 Å². The van der Waals surface area contributed by atoms with Crippen LogP contribution in [0.25, 0.3) is 0 Å². The number of carbonyl (C=O) groups excluding carboxylic acids is 1. The molecule has 1 aromatic rings. The zero-order valence-electron chi connectivity index (χ0n) is 11.7. The Morgan fingerprint density at radius 3 is 2.73 bits per heavy atom. The van der Waals surface area contributed by atoms with Gasteiger partial charge in [0.15, 0.2) is 0 Å². The Morgan fingerprint density at radius 2 is 2.05 bits per heavy atom. The molecular formula is C13H15N3O5S. The summed E-state index contributed by atoms with van der Waals surface area (Å²) in [5, 5.41) is 10.7. The van der Waals surface area contributed by atoms with E-state index in [9.17, 15) is 18.0 Å². The molecule has 1 aromatic carbocycles. The summed E-state index contributed by atoms with van der Waals surface area (Å²) in [7, 11) is -3.61. The van der Waals surface area contributed by atoms with Gasteiger partial charge in [-0.2, -0.15) is 0 Å². The lowest BCUT2D eigenvalue weighted by atomic mass is 10.2. The van der Waals surface area contributed by atoms with E-state index in [1.54, 1.807) is 25.1 Å². The third-order valence-corrected chi connectivity index (χ3v) is 4.33. The summed E-state index contributed by atoms with van der Waals surface area (Å²) in [6.07, 6.45) is -0.0410. The fourth-order valence-electron chi connectivity index (χ4n) is 2.01. The van der Waals surface area contributed by atoms with Gasteiger partial charge >= 0.3 is 5.97 Å². The number of carboxylic acids is 1. The van der Waals surface area contributed by atoms with Crippen molar-refractivity contribution in [2.24, 2.45) is 4.99 Å². The Labute approximate surface area is 127 Å². The maximum atomic E-state index is 11.9. The first-order valence-electron chi connectivity index (χ1n) is 6.48. The standard InChI is InChI=1S/C13H15N3O5S/c1-8(6-11(17)14-7-12(18)19)15-13-9-4-2-3-5-10(9)22(20,21)16-13/h2-5,8H,6-7H2,1H3,(H,14,17)(H,15,16)(H,18,19). The van der Waals surface area contributed by atoms with E-state index in [0.29, 0.717) is 5.56 Å². The lowest BCUT2D eigenvalue weighted by Gasteiger charge is -2.08. The third-order valence-electron chi connectivity index (χ3n) is 2.93. The second-order valence-corrected chi connectivity index (χ2v) is 6.45. The van der Waals surface area contributed by atoms with Crippen molar-refractivity contribution in [3.8, 4) is 0 Å². The predicted octanol–water partition coefficient (Wildman–Crippen LogP) is -0.295. The molecule has 0 radical (unpaired) electrons. The molecule has 1 amide bonds. The van der Waals surface area contributed by atoms with E-state index in [1.807, 2.05) is 0 Å². The van der Waals surface area contributed by atoms with E-state index in [1.165, 1.54) is 6.07 Å². The second kappa shape index (κ2) is 6.14. The highest BCUT2D eigenvalue weighted by Gasteiger charge is 2.30. The zero-order valence-corrected chi connectivity index (χ0v) is 12.6. The molecular weight excluding hydrogens is 310 g/mol. The molecule has 1 aliphatic rings. The number of rotatable bonds is 5. The Hall–Kier alpha value is -2.42. The van der Waals surface area contributed by atoms with Crippen molar-refractivity contribution < 1.29 is 23.1 Å². The summed E-state index contributed by atoms with van der Waals surface area (Å²) in [6, 6.07) is 5.91. The first-order chi connectivity index (χ1) is 10.3. The minimum atomic E-state index is -3.61. The first kappa shape index (κ1) is 16.0. The number of hydrogen-bond acceptors (Lipinski definition) is 5. The van der Waals surface area contributed by atoms with Gasteiger partial charge in [0.1, 0.15) is 12.4 Å². The highest BCUT2D eigenvalue weighted by atomic mass is 32.2. The molecule has 22 heavy (non-hydrogen) atoms. The van der Waals surface area contributed by atoms with E-state index < -0.39 is 34.5 Å². The minimum absolute atomic E-state index is 0.0410. The van der Waals surface area contributed by atoms with E-state index >= 15 is 0 Å².